The molecule has 3 rings (SSSR count). The number of amidine groups is 1. The van der Waals surface area contributed by atoms with Crippen molar-refractivity contribution in [1.82, 2.24) is 4.90 Å². The second-order valence-corrected chi connectivity index (χ2v) is 6.38. The molecule has 0 bridgehead atoms. The monoisotopic (exact) mass is 332 g/mol. The number of nitrogens with zero attached hydrogens (tertiary/aromatic N) is 2. The summed E-state index contributed by atoms with van der Waals surface area (Å²) in [7, 11) is 0. The van der Waals surface area contributed by atoms with Crippen molar-refractivity contribution in [1.29, 1.82) is 0 Å². The van der Waals surface area contributed by atoms with Gasteiger partial charge in [-0.05, 0) is 71.4 Å². The molecule has 1 aliphatic rings. The van der Waals surface area contributed by atoms with Gasteiger partial charge < -0.3 is 0 Å². The molecule has 112 valence electrons. The quantitative estimate of drug-likeness (QED) is 0.775. The Morgan fingerprint density at radius 1 is 1.27 bits per heavy atom. The molecule has 1 amide bonds. The molecule has 0 N–H and O–H groups in total. The number of amides is 1. The lowest BCUT2D eigenvalue weighted by Crippen LogP contribution is -2.28. The van der Waals surface area contributed by atoms with Crippen molar-refractivity contribution >= 4 is 45.9 Å². The van der Waals surface area contributed by atoms with E-state index < -0.39 is 0 Å². The summed E-state index contributed by atoms with van der Waals surface area (Å²) in [5.41, 5.74) is 1.65. The highest BCUT2D eigenvalue weighted by Crippen LogP contribution is 2.34. The van der Waals surface area contributed by atoms with Gasteiger partial charge in [0.1, 0.15) is 5.82 Å². The van der Waals surface area contributed by atoms with Crippen LogP contribution in [0.15, 0.2) is 51.0 Å². The van der Waals surface area contributed by atoms with Crippen LogP contribution in [0.5, 0.6) is 0 Å². The second kappa shape index (κ2) is 6.46. The summed E-state index contributed by atoms with van der Waals surface area (Å²) in [5.74, 6) is -0.343. The third-order valence-electron chi connectivity index (χ3n) is 3.10. The number of aliphatic imine (C=N–C) groups is 1. The molecule has 1 aromatic heterocycles. The van der Waals surface area contributed by atoms with E-state index in [1.807, 2.05) is 29.8 Å². The lowest BCUT2D eigenvalue weighted by Gasteiger charge is -2.11. The van der Waals surface area contributed by atoms with Gasteiger partial charge in [-0.3, -0.25) is 9.69 Å². The van der Waals surface area contributed by atoms with Crippen molar-refractivity contribution in [3.63, 3.8) is 0 Å². The summed E-state index contributed by atoms with van der Waals surface area (Å²) in [6, 6.07) is 7.89. The van der Waals surface area contributed by atoms with E-state index in [9.17, 15) is 9.18 Å². The van der Waals surface area contributed by atoms with E-state index >= 15 is 0 Å². The van der Waals surface area contributed by atoms with Crippen molar-refractivity contribution < 1.29 is 9.18 Å². The number of carbonyl (C=O) groups excluding carboxylic acids is 1. The molecule has 1 aliphatic heterocycles. The van der Waals surface area contributed by atoms with Gasteiger partial charge >= 0.3 is 0 Å². The number of thioether (sulfide) groups is 1. The summed E-state index contributed by atoms with van der Waals surface area (Å²) in [4.78, 5) is 19.2. The van der Waals surface area contributed by atoms with Crippen LogP contribution >= 0.6 is 23.1 Å². The van der Waals surface area contributed by atoms with Crippen LogP contribution in [0.4, 0.5) is 10.1 Å². The molecule has 1 fully saturated rings. The number of halogens is 1. The van der Waals surface area contributed by atoms with Crippen LogP contribution in [0, 0.1) is 5.82 Å². The molecule has 0 unspecified atom stereocenters. The number of likely N-dealkylation sites (N-methyl/N-ethyl adjacent to an activating group) is 1. The molecular formula is C16H13FN2OS2. The molecule has 0 saturated carbocycles. The summed E-state index contributed by atoms with van der Waals surface area (Å²) in [5, 5.41) is 4.59. The Bertz CT molecular complexity index is 736. The average molecular weight is 332 g/mol. The summed E-state index contributed by atoms with van der Waals surface area (Å²) in [6.45, 7) is 2.46. The third kappa shape index (κ3) is 3.13. The first kappa shape index (κ1) is 15.0. The lowest BCUT2D eigenvalue weighted by atomic mass is 10.3. The van der Waals surface area contributed by atoms with Crippen LogP contribution in [0.2, 0.25) is 0 Å². The van der Waals surface area contributed by atoms with Crippen LogP contribution in [-0.4, -0.2) is 22.5 Å². The zero-order valence-corrected chi connectivity index (χ0v) is 13.5. The van der Waals surface area contributed by atoms with Gasteiger partial charge in [-0.15, -0.1) is 0 Å². The first-order valence-corrected chi connectivity index (χ1v) is 8.51. The Morgan fingerprint density at radius 2 is 2.05 bits per heavy atom. The predicted octanol–water partition coefficient (Wildman–Crippen LogP) is 4.51. The molecule has 1 aromatic carbocycles. The maximum absolute atomic E-state index is 13.0. The highest BCUT2D eigenvalue weighted by molar-refractivity contribution is 8.18. The SMILES string of the molecule is CCN1C(=O)/C(=C\c2ccsc2)SC1=Nc1ccc(F)cc1. The smallest absolute Gasteiger partial charge is 0.266 e. The van der Waals surface area contributed by atoms with E-state index in [1.165, 1.54) is 23.9 Å². The number of carbonyl (C=O) groups is 1. The maximum atomic E-state index is 13.0. The highest BCUT2D eigenvalue weighted by Gasteiger charge is 2.32. The molecule has 0 atom stereocenters. The topological polar surface area (TPSA) is 32.7 Å². The minimum Gasteiger partial charge on any atom is -0.287 e. The first-order chi connectivity index (χ1) is 10.7. The van der Waals surface area contributed by atoms with Crippen LogP contribution < -0.4 is 0 Å². The fourth-order valence-electron chi connectivity index (χ4n) is 2.00. The molecule has 3 nitrogen and oxygen atoms in total. The summed E-state index contributed by atoms with van der Waals surface area (Å²) < 4.78 is 13.0. The van der Waals surface area contributed by atoms with Crippen molar-refractivity contribution in [2.75, 3.05) is 6.54 Å². The van der Waals surface area contributed by atoms with E-state index in [0.717, 1.165) is 5.56 Å². The zero-order valence-electron chi connectivity index (χ0n) is 11.8. The Labute approximate surface area is 136 Å². The van der Waals surface area contributed by atoms with E-state index in [-0.39, 0.29) is 11.7 Å². The normalized spacial score (nSPS) is 18.6. The Kier molecular flexibility index (Phi) is 4.40. The van der Waals surface area contributed by atoms with Crippen LogP contribution in [-0.2, 0) is 4.79 Å². The van der Waals surface area contributed by atoms with Crippen LogP contribution in [0.25, 0.3) is 6.08 Å². The molecule has 2 heterocycles. The Hall–Kier alpha value is -1.92. The second-order valence-electron chi connectivity index (χ2n) is 4.59. The van der Waals surface area contributed by atoms with Gasteiger partial charge in [-0.2, -0.15) is 11.3 Å². The molecule has 0 spiro atoms. The van der Waals surface area contributed by atoms with E-state index in [2.05, 4.69) is 4.99 Å². The fourth-order valence-corrected chi connectivity index (χ4v) is 3.69. The minimum absolute atomic E-state index is 0.0421. The van der Waals surface area contributed by atoms with E-state index in [4.69, 9.17) is 0 Å². The number of thiophene rings is 1. The molecule has 1 saturated heterocycles. The highest BCUT2D eigenvalue weighted by atomic mass is 32.2. The average Bonchev–Trinajstić information content (AvgIpc) is 3.11. The van der Waals surface area contributed by atoms with Crippen molar-refractivity contribution in [2.45, 2.75) is 6.92 Å². The predicted molar refractivity (Wildman–Crippen MR) is 90.8 cm³/mol. The van der Waals surface area contributed by atoms with E-state index in [1.54, 1.807) is 28.4 Å². The van der Waals surface area contributed by atoms with Gasteiger partial charge in [0.25, 0.3) is 5.91 Å². The fraction of sp³-hybridized carbons (Fsp3) is 0.125. The Balaban J connectivity index is 1.91. The van der Waals surface area contributed by atoms with E-state index in [0.29, 0.717) is 22.3 Å². The molecule has 22 heavy (non-hydrogen) atoms. The summed E-state index contributed by atoms with van der Waals surface area (Å²) >= 11 is 2.94. The molecule has 2 aromatic rings. The van der Waals surface area contributed by atoms with Crippen LogP contribution in [0.1, 0.15) is 12.5 Å². The van der Waals surface area contributed by atoms with Crippen molar-refractivity contribution in [2.24, 2.45) is 4.99 Å². The van der Waals surface area contributed by atoms with Gasteiger partial charge in [0, 0.05) is 6.54 Å². The number of benzene rings is 1. The maximum Gasteiger partial charge on any atom is 0.266 e. The number of rotatable bonds is 3. The van der Waals surface area contributed by atoms with Gasteiger partial charge in [0.05, 0.1) is 10.6 Å². The van der Waals surface area contributed by atoms with Gasteiger partial charge in [-0.25, -0.2) is 9.38 Å². The van der Waals surface area contributed by atoms with Crippen molar-refractivity contribution in [3.05, 3.63) is 57.4 Å². The summed E-state index contributed by atoms with van der Waals surface area (Å²) in [6.07, 6.45) is 1.87. The molecular weight excluding hydrogens is 319 g/mol. The van der Waals surface area contributed by atoms with Gasteiger partial charge in [-0.1, -0.05) is 0 Å². The standard InChI is InChI=1S/C16H13FN2OS2/c1-2-19-15(20)14(9-11-7-8-21-10-11)22-16(19)18-13-5-3-12(17)4-6-13/h3-10H,2H2,1H3/b14-9+,18-16?. The molecule has 0 radical (unpaired) electrons. The number of hydrogen-bond donors (Lipinski definition) is 0. The first-order valence-electron chi connectivity index (χ1n) is 6.75. The van der Waals surface area contributed by atoms with Gasteiger partial charge in [0.2, 0.25) is 0 Å². The number of hydrogen-bond acceptors (Lipinski definition) is 4. The van der Waals surface area contributed by atoms with Crippen LogP contribution in [0.3, 0.4) is 0 Å². The minimum atomic E-state index is -0.301. The molecule has 6 heteroatoms. The Morgan fingerprint density at radius 3 is 2.68 bits per heavy atom. The lowest BCUT2D eigenvalue weighted by molar-refractivity contribution is -0.122. The van der Waals surface area contributed by atoms with Crippen molar-refractivity contribution in [3.8, 4) is 0 Å². The zero-order chi connectivity index (χ0) is 15.5. The molecule has 0 aliphatic carbocycles. The van der Waals surface area contributed by atoms with Gasteiger partial charge in [0.15, 0.2) is 5.17 Å². The third-order valence-corrected chi connectivity index (χ3v) is 4.80. The largest absolute Gasteiger partial charge is 0.287 e.